The van der Waals surface area contributed by atoms with E-state index in [1.165, 1.54) is 29.0 Å². The van der Waals surface area contributed by atoms with Gasteiger partial charge in [-0.15, -0.1) is 0 Å². The quantitative estimate of drug-likeness (QED) is 0.173. The van der Waals surface area contributed by atoms with Crippen LogP contribution in [0.5, 0.6) is 11.5 Å². The number of rotatable bonds is 7. The molecule has 44 heavy (non-hydrogen) atoms. The van der Waals surface area contributed by atoms with Crippen LogP contribution in [0.25, 0.3) is 11.8 Å². The summed E-state index contributed by atoms with van der Waals surface area (Å²) in [5, 5.41) is 10.9. The maximum Gasteiger partial charge on any atom is 0.271 e. The lowest BCUT2D eigenvalue weighted by Gasteiger charge is -2.30. The van der Waals surface area contributed by atoms with Crippen LogP contribution < -0.4 is 24.4 Å². The van der Waals surface area contributed by atoms with Crippen molar-refractivity contribution in [2.75, 3.05) is 7.11 Å². The number of nitrogens with zero attached hydrogens (tertiary/aromatic N) is 3. The van der Waals surface area contributed by atoms with E-state index in [9.17, 15) is 14.9 Å². The predicted octanol–water partition coefficient (Wildman–Crippen LogP) is 5.81. The Hall–Kier alpha value is -5.28. The molecule has 1 atom stereocenters. The number of aromatic nitrogens is 1. The number of nitro benzene ring substituents is 1. The maximum absolute atomic E-state index is 14.1. The first kappa shape index (κ1) is 27.5. The van der Waals surface area contributed by atoms with Gasteiger partial charge in [0, 0.05) is 17.7 Å². The zero-order valence-corrected chi connectivity index (χ0v) is 24.6. The van der Waals surface area contributed by atoms with Crippen molar-refractivity contribution < 1.29 is 14.4 Å². The molecule has 0 spiro atoms. The summed E-state index contributed by atoms with van der Waals surface area (Å²) in [4.78, 5) is 30.3. The Morgan fingerprint density at radius 3 is 2.55 bits per heavy atom. The molecule has 1 aliphatic carbocycles. The van der Waals surface area contributed by atoms with Crippen molar-refractivity contribution in [1.29, 1.82) is 0 Å². The van der Waals surface area contributed by atoms with Gasteiger partial charge in [0.25, 0.3) is 11.2 Å². The van der Waals surface area contributed by atoms with Gasteiger partial charge >= 0.3 is 0 Å². The number of nitro groups is 1. The lowest BCUT2D eigenvalue weighted by atomic mass is 9.83. The first-order chi connectivity index (χ1) is 21.5. The average Bonchev–Trinajstić information content (AvgIpc) is 3.37. The number of allylic oxidation sites excluding steroid dienone is 1. The van der Waals surface area contributed by atoms with Crippen LogP contribution in [0, 0.1) is 10.1 Å². The minimum atomic E-state index is -0.425. The van der Waals surface area contributed by atoms with E-state index in [-0.39, 0.29) is 23.9 Å². The van der Waals surface area contributed by atoms with E-state index in [0.717, 1.165) is 52.1 Å². The molecule has 4 aromatic carbocycles. The van der Waals surface area contributed by atoms with Gasteiger partial charge in [-0.2, -0.15) is 0 Å². The standard InChI is InChI=1S/C35H27N3O5S/c1-42-27-16-11-25(12-17-27)33-30-18-13-24-6-2-3-8-29(24)32(30)36-35-37(33)34(39)31(44-35)20-23-5-4-7-28(19-23)43-21-22-9-14-26(15-10-22)38(40)41/h2-12,14-17,19-20,33H,13,18,21H2,1H3/b31-20+/t33-/m0/s1. The Morgan fingerprint density at radius 2 is 1.77 bits per heavy atom. The van der Waals surface area contributed by atoms with Crippen LogP contribution in [0.2, 0.25) is 0 Å². The number of hydrogen-bond acceptors (Lipinski definition) is 7. The minimum absolute atomic E-state index is 0.0384. The molecule has 0 radical (unpaired) electrons. The van der Waals surface area contributed by atoms with Gasteiger partial charge in [-0.05, 0) is 83.1 Å². The Kier molecular flexibility index (Phi) is 7.15. The highest BCUT2D eigenvalue weighted by molar-refractivity contribution is 7.07. The Bertz CT molecular complexity index is 2110. The van der Waals surface area contributed by atoms with E-state index >= 15 is 0 Å². The Labute approximate surface area is 256 Å². The van der Waals surface area contributed by atoms with Crippen LogP contribution in [0.1, 0.15) is 40.3 Å². The van der Waals surface area contributed by atoms with Gasteiger partial charge in [-0.1, -0.05) is 59.9 Å². The molecule has 0 amide bonds. The number of methoxy groups -OCH3 is 1. The number of non-ortho nitro benzene ring substituents is 1. The second-order valence-corrected chi connectivity index (χ2v) is 11.7. The van der Waals surface area contributed by atoms with E-state index in [0.29, 0.717) is 15.1 Å². The largest absolute Gasteiger partial charge is 0.497 e. The number of benzene rings is 4. The summed E-state index contributed by atoms with van der Waals surface area (Å²) >= 11 is 1.39. The molecule has 0 N–H and O–H groups in total. The number of ether oxygens (including phenoxy) is 2. The van der Waals surface area contributed by atoms with E-state index < -0.39 is 4.92 Å². The molecule has 8 nitrogen and oxygen atoms in total. The third-order valence-corrected chi connectivity index (χ3v) is 9.00. The van der Waals surface area contributed by atoms with Crippen molar-refractivity contribution in [2.24, 2.45) is 4.99 Å². The summed E-state index contributed by atoms with van der Waals surface area (Å²) in [5.74, 6) is 1.40. The van der Waals surface area contributed by atoms with Crippen LogP contribution in [0.3, 0.4) is 0 Å². The van der Waals surface area contributed by atoms with Crippen molar-refractivity contribution in [3.8, 4) is 11.5 Å². The molecule has 7 rings (SSSR count). The molecule has 0 saturated carbocycles. The van der Waals surface area contributed by atoms with Crippen molar-refractivity contribution in [2.45, 2.75) is 25.5 Å². The van der Waals surface area contributed by atoms with Crippen LogP contribution >= 0.6 is 11.3 Å². The smallest absolute Gasteiger partial charge is 0.271 e. The second kappa shape index (κ2) is 11.4. The summed E-state index contributed by atoms with van der Waals surface area (Å²) in [5.41, 5.74) is 7.12. The normalized spacial score (nSPS) is 15.6. The SMILES string of the molecule is COc1ccc([C@H]2C3=C(N=c4s/c(=C/c5cccc(OCc6ccc([N+](=O)[O-])cc6)c5)c(=O)n42)c2ccccc2CC3)cc1. The van der Waals surface area contributed by atoms with Gasteiger partial charge < -0.3 is 9.47 Å². The molecule has 1 aromatic heterocycles. The van der Waals surface area contributed by atoms with Crippen LogP contribution in [0.15, 0.2) is 112 Å². The average molecular weight is 602 g/mol. The second-order valence-electron chi connectivity index (χ2n) is 10.7. The zero-order chi connectivity index (χ0) is 30.2. The van der Waals surface area contributed by atoms with Gasteiger partial charge in [-0.3, -0.25) is 19.5 Å². The first-order valence-electron chi connectivity index (χ1n) is 14.2. The molecule has 0 fully saturated rings. The molecular weight excluding hydrogens is 574 g/mol. The third kappa shape index (κ3) is 5.11. The highest BCUT2D eigenvalue weighted by Gasteiger charge is 2.32. The van der Waals surface area contributed by atoms with Gasteiger partial charge in [0.1, 0.15) is 18.1 Å². The molecule has 0 bridgehead atoms. The van der Waals surface area contributed by atoms with Gasteiger partial charge in [0.2, 0.25) is 0 Å². The fourth-order valence-electron chi connectivity index (χ4n) is 5.83. The molecular formula is C35H27N3O5S. The lowest BCUT2D eigenvalue weighted by molar-refractivity contribution is -0.384. The molecule has 1 aliphatic heterocycles. The fourth-order valence-corrected chi connectivity index (χ4v) is 6.84. The maximum atomic E-state index is 14.1. The summed E-state index contributed by atoms with van der Waals surface area (Å²) in [6.45, 7) is 0.262. The van der Waals surface area contributed by atoms with Gasteiger partial charge in [0.15, 0.2) is 4.80 Å². The monoisotopic (exact) mass is 601 g/mol. The lowest BCUT2D eigenvalue weighted by Crippen LogP contribution is -2.38. The Morgan fingerprint density at radius 1 is 0.977 bits per heavy atom. The molecule has 2 heterocycles. The Balaban J connectivity index is 1.27. The summed E-state index contributed by atoms with van der Waals surface area (Å²) < 4.78 is 13.8. The highest BCUT2D eigenvalue weighted by atomic mass is 32.1. The number of hydrogen-bond donors (Lipinski definition) is 0. The van der Waals surface area contributed by atoms with E-state index in [1.54, 1.807) is 19.2 Å². The fraction of sp³-hybridized carbons (Fsp3) is 0.143. The van der Waals surface area contributed by atoms with Crippen molar-refractivity contribution in [3.63, 3.8) is 0 Å². The molecule has 2 aliphatic rings. The number of fused-ring (bicyclic) bond motifs is 3. The molecule has 0 unspecified atom stereocenters. The topological polar surface area (TPSA) is 96.0 Å². The van der Waals surface area contributed by atoms with Gasteiger partial charge in [0.05, 0.1) is 28.3 Å². The van der Waals surface area contributed by atoms with E-state index in [1.807, 2.05) is 65.2 Å². The predicted molar refractivity (Wildman–Crippen MR) is 170 cm³/mol. The molecule has 218 valence electrons. The number of thiazole rings is 1. The van der Waals surface area contributed by atoms with Gasteiger partial charge in [-0.25, -0.2) is 4.99 Å². The van der Waals surface area contributed by atoms with Crippen LogP contribution in [0.4, 0.5) is 5.69 Å². The van der Waals surface area contributed by atoms with Crippen molar-refractivity contribution in [1.82, 2.24) is 4.57 Å². The minimum Gasteiger partial charge on any atom is -0.497 e. The highest BCUT2D eigenvalue weighted by Crippen LogP contribution is 2.41. The van der Waals surface area contributed by atoms with Crippen molar-refractivity contribution >= 4 is 28.8 Å². The molecule has 0 saturated heterocycles. The van der Waals surface area contributed by atoms with E-state index in [2.05, 4.69) is 18.2 Å². The molecule has 5 aromatic rings. The third-order valence-electron chi connectivity index (χ3n) is 8.01. The van der Waals surface area contributed by atoms with Crippen molar-refractivity contribution in [3.05, 3.63) is 160 Å². The number of aryl methyl sites for hydroxylation is 1. The summed E-state index contributed by atoms with van der Waals surface area (Å²) in [6, 6.07) is 29.9. The summed E-state index contributed by atoms with van der Waals surface area (Å²) in [6.07, 6.45) is 3.60. The zero-order valence-electron chi connectivity index (χ0n) is 23.8. The van der Waals surface area contributed by atoms with Crippen LogP contribution in [-0.2, 0) is 13.0 Å². The van der Waals surface area contributed by atoms with Crippen LogP contribution in [-0.4, -0.2) is 16.6 Å². The first-order valence-corrected chi connectivity index (χ1v) is 15.0. The molecule has 9 heteroatoms. The summed E-state index contributed by atoms with van der Waals surface area (Å²) in [7, 11) is 1.65. The van der Waals surface area contributed by atoms with E-state index in [4.69, 9.17) is 14.5 Å².